The zero-order valence-corrected chi connectivity index (χ0v) is 21.1. The SMILES string of the molecule is Cc1c(C(=O)N[C@H](C)[C@](O)(Cn2cncn2)c2ccc(F)cc2F)cnc2cc(-c3ccc(Cl)cc3)nn12. The molecule has 0 aliphatic heterocycles. The first-order chi connectivity index (χ1) is 18.2. The second-order valence-corrected chi connectivity index (χ2v) is 9.34. The average molecular weight is 538 g/mol. The number of halogens is 3. The van der Waals surface area contributed by atoms with Crippen molar-refractivity contribution < 1.29 is 18.7 Å². The van der Waals surface area contributed by atoms with Crippen molar-refractivity contribution >= 4 is 23.2 Å². The predicted molar refractivity (Wildman–Crippen MR) is 135 cm³/mol. The normalized spacial score (nSPS) is 13.8. The van der Waals surface area contributed by atoms with Crippen LogP contribution in [0.3, 0.4) is 0 Å². The van der Waals surface area contributed by atoms with Crippen LogP contribution in [-0.2, 0) is 12.1 Å². The van der Waals surface area contributed by atoms with Gasteiger partial charge in [0.05, 0.1) is 29.5 Å². The van der Waals surface area contributed by atoms with Crippen molar-refractivity contribution in [2.45, 2.75) is 32.0 Å². The highest BCUT2D eigenvalue weighted by Gasteiger charge is 2.40. The first-order valence-electron chi connectivity index (χ1n) is 11.6. The summed E-state index contributed by atoms with van der Waals surface area (Å²) in [5.41, 5.74) is 0.529. The van der Waals surface area contributed by atoms with Gasteiger partial charge >= 0.3 is 0 Å². The van der Waals surface area contributed by atoms with Gasteiger partial charge in [-0.05, 0) is 32.0 Å². The molecule has 2 aromatic carbocycles. The number of hydrogen-bond donors (Lipinski definition) is 2. The summed E-state index contributed by atoms with van der Waals surface area (Å²) in [6, 6.07) is 10.8. The van der Waals surface area contributed by atoms with Crippen molar-refractivity contribution in [3.8, 4) is 11.3 Å². The summed E-state index contributed by atoms with van der Waals surface area (Å²) >= 11 is 5.98. The summed E-state index contributed by atoms with van der Waals surface area (Å²) in [5, 5.41) is 23.6. The smallest absolute Gasteiger partial charge is 0.255 e. The van der Waals surface area contributed by atoms with E-state index in [9.17, 15) is 18.7 Å². The molecule has 0 bridgehead atoms. The lowest BCUT2D eigenvalue weighted by atomic mass is 9.86. The Kier molecular flexibility index (Phi) is 6.64. The molecule has 38 heavy (non-hydrogen) atoms. The molecule has 5 rings (SSSR count). The molecule has 3 heterocycles. The predicted octanol–water partition coefficient (Wildman–Crippen LogP) is 3.93. The maximum atomic E-state index is 14.8. The number of rotatable bonds is 7. The van der Waals surface area contributed by atoms with E-state index in [4.69, 9.17) is 11.6 Å². The number of hydrogen-bond acceptors (Lipinski definition) is 6. The lowest BCUT2D eigenvalue weighted by Gasteiger charge is -2.35. The molecule has 0 unspecified atom stereocenters. The molecule has 0 saturated heterocycles. The molecule has 0 spiro atoms. The van der Waals surface area contributed by atoms with Crippen molar-refractivity contribution in [3.05, 3.63) is 101 Å². The lowest BCUT2D eigenvalue weighted by molar-refractivity contribution is -0.0186. The van der Waals surface area contributed by atoms with Crippen LogP contribution in [0.5, 0.6) is 0 Å². The minimum Gasteiger partial charge on any atom is -0.381 e. The van der Waals surface area contributed by atoms with Crippen LogP contribution in [0.15, 0.2) is 67.4 Å². The Balaban J connectivity index is 1.46. The number of aliphatic hydroxyl groups is 1. The van der Waals surface area contributed by atoms with Crippen LogP contribution in [0.4, 0.5) is 8.78 Å². The molecule has 194 valence electrons. The van der Waals surface area contributed by atoms with Crippen LogP contribution in [0, 0.1) is 18.6 Å². The summed E-state index contributed by atoms with van der Waals surface area (Å²) in [7, 11) is 0. The molecule has 2 N–H and O–H groups in total. The van der Waals surface area contributed by atoms with E-state index >= 15 is 0 Å². The van der Waals surface area contributed by atoms with E-state index in [1.807, 2.05) is 12.1 Å². The molecule has 5 aromatic rings. The average Bonchev–Trinajstić information content (AvgIpc) is 3.55. The number of benzene rings is 2. The largest absolute Gasteiger partial charge is 0.381 e. The van der Waals surface area contributed by atoms with Crippen molar-refractivity contribution in [2.75, 3.05) is 0 Å². The van der Waals surface area contributed by atoms with Crippen LogP contribution < -0.4 is 5.32 Å². The zero-order chi connectivity index (χ0) is 27.0. The van der Waals surface area contributed by atoms with Crippen LogP contribution in [0.1, 0.15) is 28.5 Å². The van der Waals surface area contributed by atoms with Gasteiger partial charge in [-0.2, -0.15) is 10.2 Å². The van der Waals surface area contributed by atoms with Crippen LogP contribution >= 0.6 is 11.6 Å². The highest BCUT2D eigenvalue weighted by atomic mass is 35.5. The summed E-state index contributed by atoms with van der Waals surface area (Å²) in [6.45, 7) is 2.98. The third-order valence-corrected chi connectivity index (χ3v) is 6.69. The van der Waals surface area contributed by atoms with Crippen molar-refractivity contribution in [1.29, 1.82) is 0 Å². The third-order valence-electron chi connectivity index (χ3n) is 6.44. The Bertz CT molecular complexity index is 1620. The topological polar surface area (TPSA) is 110 Å². The van der Waals surface area contributed by atoms with Gasteiger partial charge in [-0.3, -0.25) is 4.79 Å². The van der Waals surface area contributed by atoms with Crippen molar-refractivity contribution in [1.82, 2.24) is 34.7 Å². The molecule has 1 amide bonds. The van der Waals surface area contributed by atoms with E-state index in [2.05, 4.69) is 25.5 Å². The van der Waals surface area contributed by atoms with Crippen LogP contribution in [-0.4, -0.2) is 46.4 Å². The zero-order valence-electron chi connectivity index (χ0n) is 20.3. The highest BCUT2D eigenvalue weighted by molar-refractivity contribution is 6.30. The Labute approximate surface area is 220 Å². The number of nitrogens with one attached hydrogen (secondary N) is 1. The van der Waals surface area contributed by atoms with E-state index in [0.29, 0.717) is 28.1 Å². The van der Waals surface area contributed by atoms with Gasteiger partial charge in [-0.25, -0.2) is 27.9 Å². The van der Waals surface area contributed by atoms with Gasteiger partial charge < -0.3 is 10.4 Å². The fourth-order valence-electron chi connectivity index (χ4n) is 4.28. The van der Waals surface area contributed by atoms with E-state index in [-0.39, 0.29) is 17.7 Å². The second kappa shape index (κ2) is 9.92. The van der Waals surface area contributed by atoms with Gasteiger partial charge in [-0.1, -0.05) is 29.8 Å². The highest BCUT2D eigenvalue weighted by Crippen LogP contribution is 2.30. The quantitative estimate of drug-likeness (QED) is 0.325. The Hall–Kier alpha value is -4.22. The Morgan fingerprint density at radius 2 is 1.95 bits per heavy atom. The minimum atomic E-state index is -2.00. The summed E-state index contributed by atoms with van der Waals surface area (Å²) in [4.78, 5) is 21.6. The molecule has 0 saturated carbocycles. The number of nitrogens with zero attached hydrogens (tertiary/aromatic N) is 6. The van der Waals surface area contributed by atoms with Gasteiger partial charge in [0.1, 0.15) is 29.9 Å². The number of aromatic nitrogens is 6. The standard InChI is InChI=1S/C26H22ClF2N7O2/c1-15-20(11-31-24-10-23(34-36(15)24)17-3-5-18(27)6-4-17)25(37)33-16(2)26(38,12-35-14-30-13-32-35)21-8-7-19(28)9-22(21)29/h3-11,13-14,16,38H,12H2,1-2H3,(H,33,37)/t16-,26-/m1/s1. The molecule has 0 radical (unpaired) electrons. The van der Waals surface area contributed by atoms with Gasteiger partial charge in [0, 0.05) is 34.5 Å². The van der Waals surface area contributed by atoms with Crippen molar-refractivity contribution in [2.24, 2.45) is 0 Å². The summed E-state index contributed by atoms with van der Waals surface area (Å²) in [6.07, 6.45) is 4.02. The number of amides is 1. The molecular formula is C26H22ClF2N7O2. The van der Waals surface area contributed by atoms with E-state index in [1.165, 1.54) is 30.5 Å². The fraction of sp³-hybridized carbons (Fsp3) is 0.192. The van der Waals surface area contributed by atoms with Gasteiger partial charge in [0.2, 0.25) is 0 Å². The summed E-state index contributed by atoms with van der Waals surface area (Å²) < 4.78 is 31.3. The number of fused-ring (bicyclic) bond motifs is 1. The third kappa shape index (κ3) is 4.73. The Morgan fingerprint density at radius 1 is 1.18 bits per heavy atom. The van der Waals surface area contributed by atoms with Gasteiger partial charge in [0.25, 0.3) is 5.91 Å². The minimum absolute atomic E-state index is 0.202. The lowest BCUT2D eigenvalue weighted by Crippen LogP contribution is -2.52. The van der Waals surface area contributed by atoms with Crippen LogP contribution in [0.2, 0.25) is 5.02 Å². The van der Waals surface area contributed by atoms with Crippen molar-refractivity contribution in [3.63, 3.8) is 0 Å². The fourth-order valence-corrected chi connectivity index (χ4v) is 4.41. The monoisotopic (exact) mass is 537 g/mol. The van der Waals surface area contributed by atoms with Gasteiger partial charge in [-0.15, -0.1) is 0 Å². The molecule has 2 atom stereocenters. The van der Waals surface area contributed by atoms with E-state index < -0.39 is 29.2 Å². The molecule has 12 heteroatoms. The maximum absolute atomic E-state index is 14.8. The molecule has 0 fully saturated rings. The van der Waals surface area contributed by atoms with E-state index in [1.54, 1.807) is 29.6 Å². The first-order valence-corrected chi connectivity index (χ1v) is 12.0. The maximum Gasteiger partial charge on any atom is 0.255 e. The second-order valence-electron chi connectivity index (χ2n) is 8.90. The molecule has 3 aromatic heterocycles. The number of carbonyl (C=O) groups is 1. The number of carbonyl (C=O) groups excluding carboxylic acids is 1. The molecule has 0 aliphatic rings. The van der Waals surface area contributed by atoms with E-state index in [0.717, 1.165) is 17.7 Å². The molecule has 9 nitrogen and oxygen atoms in total. The van der Waals surface area contributed by atoms with Crippen LogP contribution in [0.25, 0.3) is 16.9 Å². The number of aryl methyl sites for hydroxylation is 1. The molecular weight excluding hydrogens is 516 g/mol. The first kappa shape index (κ1) is 25.4. The Morgan fingerprint density at radius 3 is 2.63 bits per heavy atom. The summed E-state index contributed by atoms with van der Waals surface area (Å²) in [5.74, 6) is -2.31. The van der Waals surface area contributed by atoms with Gasteiger partial charge in [0.15, 0.2) is 5.65 Å². The molecule has 0 aliphatic carbocycles.